The Morgan fingerprint density at radius 3 is 2.83 bits per heavy atom. The number of aliphatic hydroxyl groups excluding tert-OH is 1. The van der Waals surface area contributed by atoms with Gasteiger partial charge in [0.2, 0.25) is 0 Å². The van der Waals surface area contributed by atoms with Gasteiger partial charge in [0.1, 0.15) is 5.00 Å². The molecule has 8 heteroatoms. The summed E-state index contributed by atoms with van der Waals surface area (Å²) in [5.41, 5.74) is 0.946. The maximum atomic E-state index is 12.4. The Hall–Kier alpha value is -1.64. The van der Waals surface area contributed by atoms with E-state index in [1.807, 2.05) is 13.8 Å². The number of carbonyl (C=O) groups excluding carboxylic acids is 2. The van der Waals surface area contributed by atoms with Crippen LogP contribution in [0.2, 0.25) is 0 Å². The van der Waals surface area contributed by atoms with E-state index in [0.717, 1.165) is 10.4 Å². The Kier molecular flexibility index (Phi) is 6.20. The lowest BCUT2D eigenvalue weighted by Crippen LogP contribution is -2.32. The van der Waals surface area contributed by atoms with Gasteiger partial charge in [0.05, 0.1) is 24.4 Å². The first-order chi connectivity index (χ1) is 11.4. The maximum Gasteiger partial charge on any atom is 0.341 e. The maximum absolute atomic E-state index is 12.4. The highest BCUT2D eigenvalue weighted by Gasteiger charge is 2.34. The molecule has 0 unspecified atom stereocenters. The van der Waals surface area contributed by atoms with Crippen molar-refractivity contribution in [1.29, 1.82) is 0 Å². The average Bonchev–Trinajstić information content (AvgIpc) is 2.83. The molecule has 2 heterocycles. The van der Waals surface area contributed by atoms with Gasteiger partial charge in [-0.25, -0.2) is 9.59 Å². The third-order valence-corrected chi connectivity index (χ3v) is 4.74. The second-order valence-electron chi connectivity index (χ2n) is 6.11. The smallest absolute Gasteiger partial charge is 0.341 e. The summed E-state index contributed by atoms with van der Waals surface area (Å²) < 4.78 is 10.9. The van der Waals surface area contributed by atoms with Crippen molar-refractivity contribution in [1.82, 2.24) is 5.32 Å². The lowest BCUT2D eigenvalue weighted by molar-refractivity contribution is -0.0384. The minimum absolute atomic E-state index is 0.00801. The van der Waals surface area contributed by atoms with Crippen LogP contribution in [0.5, 0.6) is 0 Å². The predicted octanol–water partition coefficient (Wildman–Crippen LogP) is 2.28. The molecule has 134 valence electrons. The summed E-state index contributed by atoms with van der Waals surface area (Å²) >= 11 is 1.34. The number of fused-ring (bicyclic) bond motifs is 1. The highest BCUT2D eigenvalue weighted by atomic mass is 32.1. The van der Waals surface area contributed by atoms with Crippen LogP contribution < -0.4 is 10.6 Å². The number of thiophene rings is 1. The lowest BCUT2D eigenvalue weighted by atomic mass is 9.93. The van der Waals surface area contributed by atoms with Crippen molar-refractivity contribution in [3.05, 3.63) is 16.0 Å². The van der Waals surface area contributed by atoms with Crippen molar-refractivity contribution in [2.24, 2.45) is 0 Å². The first-order valence-corrected chi connectivity index (χ1v) is 8.81. The Balaban J connectivity index is 2.25. The van der Waals surface area contributed by atoms with Crippen molar-refractivity contribution in [3.63, 3.8) is 0 Å². The third kappa shape index (κ3) is 4.46. The molecule has 2 rings (SSSR count). The van der Waals surface area contributed by atoms with Crippen molar-refractivity contribution in [3.8, 4) is 0 Å². The molecule has 1 aliphatic heterocycles. The summed E-state index contributed by atoms with van der Waals surface area (Å²) in [6.45, 7) is 6.73. The molecule has 1 aliphatic rings. The largest absolute Gasteiger partial charge is 0.462 e. The minimum atomic E-state index is -0.432. The van der Waals surface area contributed by atoms with Crippen LogP contribution in [-0.4, -0.2) is 42.5 Å². The van der Waals surface area contributed by atoms with Crippen LogP contribution in [-0.2, 0) is 22.5 Å². The van der Waals surface area contributed by atoms with E-state index in [-0.39, 0.29) is 18.8 Å². The van der Waals surface area contributed by atoms with Crippen molar-refractivity contribution >= 4 is 28.3 Å². The molecule has 1 aromatic rings. The summed E-state index contributed by atoms with van der Waals surface area (Å²) in [6.07, 6.45) is 1.06. The van der Waals surface area contributed by atoms with E-state index in [0.29, 0.717) is 36.6 Å². The Morgan fingerprint density at radius 1 is 1.42 bits per heavy atom. The van der Waals surface area contributed by atoms with E-state index < -0.39 is 12.0 Å². The van der Waals surface area contributed by atoms with Crippen molar-refractivity contribution in [2.45, 2.75) is 45.8 Å². The lowest BCUT2D eigenvalue weighted by Gasteiger charge is -2.30. The van der Waals surface area contributed by atoms with Gasteiger partial charge in [-0.3, -0.25) is 5.32 Å². The van der Waals surface area contributed by atoms with Gasteiger partial charge in [-0.1, -0.05) is 0 Å². The van der Waals surface area contributed by atoms with Crippen LogP contribution in [0, 0.1) is 0 Å². The van der Waals surface area contributed by atoms with Gasteiger partial charge < -0.3 is 19.9 Å². The van der Waals surface area contributed by atoms with Crippen molar-refractivity contribution < 1.29 is 24.2 Å². The zero-order valence-electron chi connectivity index (χ0n) is 14.2. The fourth-order valence-corrected chi connectivity index (χ4v) is 3.60. The predicted molar refractivity (Wildman–Crippen MR) is 91.6 cm³/mol. The number of ether oxygens (including phenoxy) is 2. The van der Waals surface area contributed by atoms with Gasteiger partial charge in [-0.05, 0) is 32.8 Å². The molecule has 3 N–H and O–H groups in total. The number of hydrogen-bond donors (Lipinski definition) is 3. The minimum Gasteiger partial charge on any atom is -0.462 e. The number of esters is 1. The van der Waals surface area contributed by atoms with Crippen LogP contribution in [0.1, 0.15) is 48.0 Å². The summed E-state index contributed by atoms with van der Waals surface area (Å²) in [5, 5.41) is 14.6. The van der Waals surface area contributed by atoms with E-state index in [4.69, 9.17) is 14.6 Å². The van der Waals surface area contributed by atoms with E-state index >= 15 is 0 Å². The second-order valence-corrected chi connectivity index (χ2v) is 7.22. The number of anilines is 1. The number of nitrogens with one attached hydrogen (secondary N) is 2. The quantitative estimate of drug-likeness (QED) is 0.537. The first kappa shape index (κ1) is 18.7. The van der Waals surface area contributed by atoms with E-state index in [2.05, 4.69) is 10.6 Å². The summed E-state index contributed by atoms with van der Waals surface area (Å²) in [6, 6.07) is -0.409. The Bertz CT molecular complexity index is 612. The van der Waals surface area contributed by atoms with E-state index in [9.17, 15) is 9.59 Å². The van der Waals surface area contributed by atoms with E-state index in [1.54, 1.807) is 6.92 Å². The van der Waals surface area contributed by atoms with Crippen LogP contribution in [0.15, 0.2) is 0 Å². The van der Waals surface area contributed by atoms with Crippen LogP contribution in [0.3, 0.4) is 0 Å². The second kappa shape index (κ2) is 7.96. The highest BCUT2D eigenvalue weighted by molar-refractivity contribution is 7.17. The summed E-state index contributed by atoms with van der Waals surface area (Å²) in [4.78, 5) is 25.3. The van der Waals surface area contributed by atoms with Gasteiger partial charge in [0.15, 0.2) is 0 Å². The van der Waals surface area contributed by atoms with E-state index in [1.165, 1.54) is 11.3 Å². The first-order valence-electron chi connectivity index (χ1n) is 7.99. The molecule has 0 bridgehead atoms. The molecule has 0 fully saturated rings. The molecular weight excluding hydrogens is 332 g/mol. The van der Waals surface area contributed by atoms with Crippen LogP contribution in [0.25, 0.3) is 0 Å². The zero-order chi connectivity index (χ0) is 17.7. The standard InChI is InChI=1S/C16H24N2O5S/c1-4-22-14(20)12-10-8-16(2,3)23-9-11(10)24-13(12)18-15(21)17-6-5-7-19/h19H,4-9H2,1-3H3,(H2,17,18,21). The fourth-order valence-electron chi connectivity index (χ4n) is 2.49. The normalized spacial score (nSPS) is 15.5. The fraction of sp³-hybridized carbons (Fsp3) is 0.625. The molecule has 0 aliphatic carbocycles. The molecule has 24 heavy (non-hydrogen) atoms. The molecule has 0 saturated carbocycles. The summed E-state index contributed by atoms with van der Waals surface area (Å²) in [7, 11) is 0. The van der Waals surface area contributed by atoms with Gasteiger partial charge >= 0.3 is 12.0 Å². The Morgan fingerprint density at radius 2 is 2.17 bits per heavy atom. The van der Waals surface area contributed by atoms with Crippen LogP contribution in [0.4, 0.5) is 9.80 Å². The zero-order valence-corrected chi connectivity index (χ0v) is 15.0. The van der Waals surface area contributed by atoms with Crippen LogP contribution >= 0.6 is 11.3 Å². The SMILES string of the molecule is CCOC(=O)c1c(NC(=O)NCCCO)sc2c1CC(C)(C)OC2. The molecule has 2 amide bonds. The third-order valence-electron chi connectivity index (χ3n) is 3.61. The number of urea groups is 1. The molecule has 0 radical (unpaired) electrons. The summed E-state index contributed by atoms with van der Waals surface area (Å²) in [5.74, 6) is -0.432. The molecule has 0 atom stereocenters. The number of rotatable bonds is 6. The molecule has 1 aromatic heterocycles. The number of aliphatic hydroxyl groups is 1. The van der Waals surface area contributed by atoms with Gasteiger partial charge in [0.25, 0.3) is 0 Å². The van der Waals surface area contributed by atoms with Crippen molar-refractivity contribution in [2.75, 3.05) is 25.1 Å². The number of amides is 2. The number of hydrogen-bond acceptors (Lipinski definition) is 6. The van der Waals surface area contributed by atoms with Gasteiger partial charge in [-0.2, -0.15) is 0 Å². The molecule has 0 spiro atoms. The van der Waals surface area contributed by atoms with Gasteiger partial charge in [0, 0.05) is 24.4 Å². The number of carbonyl (C=O) groups is 2. The molecule has 0 aromatic carbocycles. The highest BCUT2D eigenvalue weighted by Crippen LogP contribution is 2.40. The monoisotopic (exact) mass is 356 g/mol. The topological polar surface area (TPSA) is 96.9 Å². The van der Waals surface area contributed by atoms with Gasteiger partial charge in [-0.15, -0.1) is 11.3 Å². The average molecular weight is 356 g/mol. The Labute approximate surface area is 145 Å². The molecule has 0 saturated heterocycles. The molecule has 7 nitrogen and oxygen atoms in total. The molecular formula is C16H24N2O5S.